The zero-order valence-electron chi connectivity index (χ0n) is 14.2. The van der Waals surface area contributed by atoms with Gasteiger partial charge in [-0.25, -0.2) is 0 Å². The van der Waals surface area contributed by atoms with Gasteiger partial charge >= 0.3 is 0 Å². The molecule has 2 fully saturated rings. The fourth-order valence-electron chi connectivity index (χ4n) is 3.25. The largest absolute Gasteiger partial charge is 0.387 e. The van der Waals surface area contributed by atoms with Gasteiger partial charge in [-0.1, -0.05) is 60.7 Å². The van der Waals surface area contributed by atoms with Crippen LogP contribution < -0.4 is 0 Å². The second-order valence-electron chi connectivity index (χ2n) is 6.50. The molecule has 0 saturated carbocycles. The van der Waals surface area contributed by atoms with E-state index in [1.807, 2.05) is 60.7 Å². The first-order chi connectivity index (χ1) is 12.7. The highest BCUT2D eigenvalue weighted by Gasteiger charge is 2.49. The Balaban J connectivity index is 1.40. The Bertz CT molecular complexity index is 692. The Kier molecular flexibility index (Phi) is 5.31. The summed E-state index contributed by atoms with van der Waals surface area (Å²) in [6.07, 6.45) is -5.04. The summed E-state index contributed by atoms with van der Waals surface area (Å²) >= 11 is 0. The average molecular weight is 358 g/mol. The summed E-state index contributed by atoms with van der Waals surface area (Å²) < 4.78 is 23.1. The van der Waals surface area contributed by atoms with Crippen LogP contribution in [0.4, 0.5) is 0 Å². The van der Waals surface area contributed by atoms with Crippen LogP contribution in [0.1, 0.15) is 17.4 Å². The summed E-state index contributed by atoms with van der Waals surface area (Å²) in [5.74, 6) is 0. The first-order valence-corrected chi connectivity index (χ1v) is 8.71. The van der Waals surface area contributed by atoms with Gasteiger partial charge in [-0.2, -0.15) is 0 Å². The van der Waals surface area contributed by atoms with Crippen molar-refractivity contribution in [2.75, 3.05) is 6.61 Å². The summed E-state index contributed by atoms with van der Waals surface area (Å²) in [6.45, 7) is 0.528. The van der Waals surface area contributed by atoms with Gasteiger partial charge in [0.05, 0.1) is 13.2 Å². The molecule has 2 saturated heterocycles. The van der Waals surface area contributed by atoms with Gasteiger partial charge in [0.25, 0.3) is 0 Å². The molecule has 0 spiro atoms. The third-order valence-electron chi connectivity index (χ3n) is 4.66. The van der Waals surface area contributed by atoms with Crippen molar-refractivity contribution in [3.05, 3.63) is 71.8 Å². The maximum Gasteiger partial charge on any atom is 0.187 e. The highest BCUT2D eigenvalue weighted by molar-refractivity contribution is 5.17. The third-order valence-corrected chi connectivity index (χ3v) is 4.66. The van der Waals surface area contributed by atoms with E-state index in [1.165, 1.54) is 0 Å². The molecule has 0 bridgehead atoms. The van der Waals surface area contributed by atoms with Crippen LogP contribution in [-0.4, -0.2) is 47.5 Å². The zero-order chi connectivity index (χ0) is 17.9. The molecule has 6 heteroatoms. The van der Waals surface area contributed by atoms with Crippen molar-refractivity contribution in [3.63, 3.8) is 0 Å². The molecule has 4 rings (SSSR count). The van der Waals surface area contributed by atoms with Crippen molar-refractivity contribution in [3.8, 4) is 0 Å². The van der Waals surface area contributed by atoms with Crippen molar-refractivity contribution >= 4 is 0 Å². The summed E-state index contributed by atoms with van der Waals surface area (Å²) in [6, 6.07) is 19.1. The molecule has 0 unspecified atom stereocenters. The van der Waals surface area contributed by atoms with E-state index >= 15 is 0 Å². The molecular weight excluding hydrogens is 336 g/mol. The lowest BCUT2D eigenvalue weighted by Crippen LogP contribution is -2.62. The highest BCUT2D eigenvalue weighted by atomic mass is 16.8. The van der Waals surface area contributed by atoms with E-state index in [2.05, 4.69) is 0 Å². The van der Waals surface area contributed by atoms with Crippen LogP contribution in [0.25, 0.3) is 0 Å². The Morgan fingerprint density at radius 1 is 0.885 bits per heavy atom. The number of benzene rings is 2. The van der Waals surface area contributed by atoms with Gasteiger partial charge in [-0.3, -0.25) is 0 Å². The molecule has 2 aromatic carbocycles. The topological polar surface area (TPSA) is 77.4 Å². The molecule has 2 aliphatic rings. The number of rotatable bonds is 4. The molecule has 2 aromatic rings. The normalized spacial score (nSPS) is 34.2. The second kappa shape index (κ2) is 7.84. The molecule has 0 radical (unpaired) electrons. The van der Waals surface area contributed by atoms with Crippen molar-refractivity contribution in [1.29, 1.82) is 0 Å². The number of fused-ring (bicyclic) bond motifs is 1. The molecule has 26 heavy (non-hydrogen) atoms. The first kappa shape index (κ1) is 17.6. The molecule has 0 amide bonds. The summed E-state index contributed by atoms with van der Waals surface area (Å²) in [7, 11) is 0. The van der Waals surface area contributed by atoms with Crippen molar-refractivity contribution in [2.45, 2.75) is 43.6 Å². The van der Waals surface area contributed by atoms with Gasteiger partial charge in [0.2, 0.25) is 0 Å². The lowest BCUT2D eigenvalue weighted by Gasteiger charge is -2.46. The lowest BCUT2D eigenvalue weighted by atomic mass is 9.98. The molecular formula is C20H22O6. The van der Waals surface area contributed by atoms with Gasteiger partial charge in [0.1, 0.15) is 24.4 Å². The minimum Gasteiger partial charge on any atom is -0.387 e. The number of hydrogen-bond acceptors (Lipinski definition) is 6. The number of aliphatic hydroxyl groups is 2. The summed E-state index contributed by atoms with van der Waals surface area (Å²) in [4.78, 5) is 0. The van der Waals surface area contributed by atoms with Crippen molar-refractivity contribution in [1.82, 2.24) is 0 Å². The van der Waals surface area contributed by atoms with Crippen LogP contribution in [0.3, 0.4) is 0 Å². The van der Waals surface area contributed by atoms with E-state index in [-0.39, 0.29) is 13.2 Å². The van der Waals surface area contributed by atoms with E-state index in [0.29, 0.717) is 0 Å². The maximum absolute atomic E-state index is 10.5. The quantitative estimate of drug-likeness (QED) is 0.867. The van der Waals surface area contributed by atoms with Crippen LogP contribution in [0.15, 0.2) is 60.7 Å². The average Bonchev–Trinajstić information content (AvgIpc) is 2.71. The zero-order valence-corrected chi connectivity index (χ0v) is 14.2. The third kappa shape index (κ3) is 3.66. The van der Waals surface area contributed by atoms with Crippen LogP contribution in [0, 0.1) is 0 Å². The molecule has 2 heterocycles. The smallest absolute Gasteiger partial charge is 0.187 e. The fraction of sp³-hybridized carbons (Fsp3) is 0.400. The Morgan fingerprint density at radius 3 is 2.31 bits per heavy atom. The molecule has 2 N–H and O–H groups in total. The van der Waals surface area contributed by atoms with Crippen LogP contribution in [0.2, 0.25) is 0 Å². The van der Waals surface area contributed by atoms with Crippen LogP contribution in [0.5, 0.6) is 0 Å². The van der Waals surface area contributed by atoms with E-state index in [9.17, 15) is 10.2 Å². The standard InChI is InChI=1S/C20H22O6/c21-16-17(22)20(23-11-13-7-3-1-4-8-13)25-15-12-24-19(26-18(15)16)14-9-5-2-6-10-14/h1-10,15-22H,11-12H2/t15-,16-,17+,18-,19-,20-/m0/s1. The predicted octanol–water partition coefficient (Wildman–Crippen LogP) is 1.76. The van der Waals surface area contributed by atoms with Crippen molar-refractivity contribution < 1.29 is 29.2 Å². The fourth-order valence-corrected chi connectivity index (χ4v) is 3.25. The first-order valence-electron chi connectivity index (χ1n) is 8.71. The SMILES string of the molecule is O[C@H]1[C@@H](OCc2ccccc2)O[C@H]2CO[C@H](c3ccccc3)O[C@@H]2[C@H]1O. The number of aliphatic hydroxyl groups excluding tert-OH is 2. The molecule has 0 aliphatic carbocycles. The monoisotopic (exact) mass is 358 g/mol. The van der Waals surface area contributed by atoms with Gasteiger partial charge < -0.3 is 29.2 Å². The van der Waals surface area contributed by atoms with E-state index in [4.69, 9.17) is 18.9 Å². The Labute approximate surface area is 151 Å². The van der Waals surface area contributed by atoms with Crippen LogP contribution >= 0.6 is 0 Å². The second-order valence-corrected chi connectivity index (χ2v) is 6.50. The van der Waals surface area contributed by atoms with Gasteiger partial charge in [0, 0.05) is 5.56 Å². The maximum atomic E-state index is 10.5. The molecule has 2 aliphatic heterocycles. The van der Waals surface area contributed by atoms with E-state index in [0.717, 1.165) is 11.1 Å². The van der Waals surface area contributed by atoms with E-state index in [1.54, 1.807) is 0 Å². The van der Waals surface area contributed by atoms with Gasteiger partial charge in [-0.15, -0.1) is 0 Å². The molecule has 6 nitrogen and oxygen atoms in total. The minimum absolute atomic E-state index is 0.249. The minimum atomic E-state index is -1.20. The van der Waals surface area contributed by atoms with Gasteiger partial charge in [-0.05, 0) is 5.56 Å². The molecule has 6 atom stereocenters. The number of ether oxygens (including phenoxy) is 4. The molecule has 138 valence electrons. The molecule has 0 aromatic heterocycles. The van der Waals surface area contributed by atoms with Crippen molar-refractivity contribution in [2.24, 2.45) is 0 Å². The predicted molar refractivity (Wildman–Crippen MR) is 91.9 cm³/mol. The summed E-state index contributed by atoms with van der Waals surface area (Å²) in [5, 5.41) is 20.9. The Morgan fingerprint density at radius 2 is 1.58 bits per heavy atom. The highest BCUT2D eigenvalue weighted by Crippen LogP contribution is 2.34. The van der Waals surface area contributed by atoms with E-state index < -0.39 is 37.0 Å². The van der Waals surface area contributed by atoms with Crippen LogP contribution in [-0.2, 0) is 25.6 Å². The summed E-state index contributed by atoms with van der Waals surface area (Å²) in [5.41, 5.74) is 1.82. The lowest BCUT2D eigenvalue weighted by molar-refractivity contribution is -0.362. The Hall–Kier alpha value is -1.80. The number of hydrogen-bond donors (Lipinski definition) is 2. The van der Waals surface area contributed by atoms with Gasteiger partial charge in [0.15, 0.2) is 12.6 Å².